The van der Waals surface area contributed by atoms with Crippen molar-refractivity contribution in [1.29, 1.82) is 0 Å². The summed E-state index contributed by atoms with van der Waals surface area (Å²) in [7, 11) is 0. The second kappa shape index (κ2) is 7.82. The smallest absolute Gasteiger partial charge is 0.338 e. The highest BCUT2D eigenvalue weighted by atomic mass is 16.5. The normalized spacial score (nSPS) is 10.6. The largest absolute Gasteiger partial charge is 0.462 e. The number of carbonyl (C=O) groups excluding carboxylic acids is 2. The van der Waals surface area contributed by atoms with E-state index in [1.807, 2.05) is 6.07 Å². The summed E-state index contributed by atoms with van der Waals surface area (Å²) in [5.41, 5.74) is 1.27. The van der Waals surface area contributed by atoms with Crippen LogP contribution in [0, 0.1) is 6.92 Å². The van der Waals surface area contributed by atoms with Crippen LogP contribution in [0.1, 0.15) is 23.1 Å². The minimum absolute atomic E-state index is 0.151. The summed E-state index contributed by atoms with van der Waals surface area (Å²) in [4.78, 5) is 41.0. The number of carbonyl (C=O) groups is 2. The molecule has 3 aromatic rings. The maximum absolute atomic E-state index is 12.6. The lowest BCUT2D eigenvalue weighted by molar-refractivity contribution is -0.116. The van der Waals surface area contributed by atoms with Gasteiger partial charge in [0, 0.05) is 5.69 Å². The number of hydrogen-bond donors (Lipinski definition) is 1. The van der Waals surface area contributed by atoms with E-state index in [-0.39, 0.29) is 18.0 Å². The SMILES string of the molecule is CCOC(=O)c1ccc(NC(=O)Cn2c(C)nc3ccccc3c2=O)cc1. The van der Waals surface area contributed by atoms with Crippen molar-refractivity contribution in [3.63, 3.8) is 0 Å². The van der Waals surface area contributed by atoms with Crippen molar-refractivity contribution in [1.82, 2.24) is 9.55 Å². The van der Waals surface area contributed by atoms with E-state index in [1.165, 1.54) is 4.57 Å². The minimum Gasteiger partial charge on any atom is -0.462 e. The van der Waals surface area contributed by atoms with E-state index in [4.69, 9.17) is 4.74 Å². The molecule has 138 valence electrons. The Hall–Kier alpha value is -3.48. The maximum atomic E-state index is 12.6. The van der Waals surface area contributed by atoms with Crippen molar-refractivity contribution >= 4 is 28.5 Å². The highest BCUT2D eigenvalue weighted by Gasteiger charge is 2.12. The van der Waals surface area contributed by atoms with Crippen LogP contribution in [-0.2, 0) is 16.1 Å². The number of hydrogen-bond acceptors (Lipinski definition) is 5. The number of ether oxygens (including phenoxy) is 1. The molecule has 1 N–H and O–H groups in total. The van der Waals surface area contributed by atoms with E-state index in [1.54, 1.807) is 56.3 Å². The van der Waals surface area contributed by atoms with Crippen LogP contribution in [0.2, 0.25) is 0 Å². The van der Waals surface area contributed by atoms with E-state index in [9.17, 15) is 14.4 Å². The summed E-state index contributed by atoms with van der Waals surface area (Å²) in [5, 5.41) is 3.18. The van der Waals surface area contributed by atoms with Crippen molar-refractivity contribution in [2.45, 2.75) is 20.4 Å². The van der Waals surface area contributed by atoms with Gasteiger partial charge in [0.15, 0.2) is 0 Å². The number of fused-ring (bicyclic) bond motifs is 1. The fourth-order valence-electron chi connectivity index (χ4n) is 2.71. The summed E-state index contributed by atoms with van der Waals surface area (Å²) in [6, 6.07) is 13.4. The predicted octanol–water partition coefficient (Wildman–Crippen LogP) is 2.52. The van der Waals surface area contributed by atoms with Crippen LogP contribution >= 0.6 is 0 Å². The molecule has 0 fully saturated rings. The molecule has 0 aliphatic heterocycles. The molecule has 0 bridgehead atoms. The number of nitrogens with one attached hydrogen (secondary N) is 1. The first-order valence-electron chi connectivity index (χ1n) is 8.53. The van der Waals surface area contributed by atoms with Crippen LogP contribution < -0.4 is 10.9 Å². The van der Waals surface area contributed by atoms with Gasteiger partial charge >= 0.3 is 5.97 Å². The quantitative estimate of drug-likeness (QED) is 0.702. The van der Waals surface area contributed by atoms with Crippen molar-refractivity contribution in [3.05, 3.63) is 70.3 Å². The summed E-state index contributed by atoms with van der Waals surface area (Å²) in [6.07, 6.45) is 0. The number of aryl methyl sites for hydroxylation is 1. The molecule has 7 nitrogen and oxygen atoms in total. The molecule has 7 heteroatoms. The lowest BCUT2D eigenvalue weighted by Crippen LogP contribution is -2.30. The van der Waals surface area contributed by atoms with Crippen LogP contribution in [0.5, 0.6) is 0 Å². The molecule has 1 aromatic heterocycles. The number of para-hydroxylation sites is 1. The molecule has 0 saturated heterocycles. The van der Waals surface area contributed by atoms with Crippen LogP contribution in [0.25, 0.3) is 10.9 Å². The second-order valence-electron chi connectivity index (χ2n) is 5.91. The highest BCUT2D eigenvalue weighted by molar-refractivity contribution is 5.93. The Bertz CT molecular complexity index is 1060. The van der Waals surface area contributed by atoms with Crippen LogP contribution in [-0.4, -0.2) is 28.0 Å². The van der Waals surface area contributed by atoms with Crippen LogP contribution in [0.15, 0.2) is 53.3 Å². The van der Waals surface area contributed by atoms with Gasteiger partial charge in [0.25, 0.3) is 5.56 Å². The molecule has 1 amide bonds. The van der Waals surface area contributed by atoms with Gasteiger partial charge in [-0.15, -0.1) is 0 Å². The number of benzene rings is 2. The van der Waals surface area contributed by atoms with E-state index >= 15 is 0 Å². The first-order chi connectivity index (χ1) is 13.0. The van der Waals surface area contributed by atoms with Gasteiger partial charge in [-0.1, -0.05) is 12.1 Å². The number of rotatable bonds is 5. The molecular formula is C20H19N3O4. The fourth-order valence-corrected chi connectivity index (χ4v) is 2.71. The average molecular weight is 365 g/mol. The molecule has 0 atom stereocenters. The average Bonchev–Trinajstić information content (AvgIpc) is 2.66. The van der Waals surface area contributed by atoms with Gasteiger partial charge < -0.3 is 10.1 Å². The summed E-state index contributed by atoms with van der Waals surface area (Å²) >= 11 is 0. The van der Waals surface area contributed by atoms with Gasteiger partial charge in [-0.3, -0.25) is 14.2 Å². The van der Waals surface area contributed by atoms with Crippen molar-refractivity contribution in [2.24, 2.45) is 0 Å². The predicted molar refractivity (Wildman–Crippen MR) is 102 cm³/mol. The lowest BCUT2D eigenvalue weighted by Gasteiger charge is -2.11. The molecule has 3 rings (SSSR count). The Morgan fingerprint density at radius 3 is 2.52 bits per heavy atom. The van der Waals surface area contributed by atoms with Gasteiger partial charge in [0.2, 0.25) is 5.91 Å². The first kappa shape index (κ1) is 18.3. The van der Waals surface area contributed by atoms with Gasteiger partial charge in [0.05, 0.1) is 23.1 Å². The summed E-state index contributed by atoms with van der Waals surface area (Å²) in [5.74, 6) is -0.313. The number of nitrogens with zero attached hydrogens (tertiary/aromatic N) is 2. The molecule has 27 heavy (non-hydrogen) atoms. The number of aromatic nitrogens is 2. The topological polar surface area (TPSA) is 90.3 Å². The van der Waals surface area contributed by atoms with E-state index in [0.717, 1.165) is 0 Å². The molecule has 0 saturated carbocycles. The molecule has 0 aliphatic rings. The van der Waals surface area contributed by atoms with Gasteiger partial charge in [-0.25, -0.2) is 9.78 Å². The number of amides is 1. The monoisotopic (exact) mass is 365 g/mol. The Kier molecular flexibility index (Phi) is 5.30. The van der Waals surface area contributed by atoms with Gasteiger partial charge in [-0.2, -0.15) is 0 Å². The van der Waals surface area contributed by atoms with Gasteiger partial charge in [-0.05, 0) is 50.2 Å². The summed E-state index contributed by atoms with van der Waals surface area (Å²) in [6.45, 7) is 3.57. The number of esters is 1. The molecule has 0 aliphatic carbocycles. The summed E-state index contributed by atoms with van der Waals surface area (Å²) < 4.78 is 6.26. The fraction of sp³-hybridized carbons (Fsp3) is 0.200. The maximum Gasteiger partial charge on any atom is 0.338 e. The number of anilines is 1. The third-order valence-electron chi connectivity index (χ3n) is 4.03. The van der Waals surface area contributed by atoms with Gasteiger partial charge in [0.1, 0.15) is 12.4 Å². The Labute approximate surface area is 155 Å². The van der Waals surface area contributed by atoms with E-state index in [2.05, 4.69) is 10.3 Å². The standard InChI is InChI=1S/C20H19N3O4/c1-3-27-20(26)14-8-10-15(11-9-14)22-18(24)12-23-13(2)21-17-7-5-4-6-16(17)19(23)25/h4-11H,3,12H2,1-2H3,(H,22,24). The van der Waals surface area contributed by atoms with Crippen LogP contribution in [0.4, 0.5) is 5.69 Å². The van der Waals surface area contributed by atoms with Crippen molar-refractivity contribution < 1.29 is 14.3 Å². The third kappa shape index (κ3) is 4.03. The lowest BCUT2D eigenvalue weighted by atomic mass is 10.2. The minimum atomic E-state index is -0.417. The molecule has 1 heterocycles. The molecule has 2 aromatic carbocycles. The van der Waals surface area contributed by atoms with E-state index < -0.39 is 5.97 Å². The Balaban J connectivity index is 1.76. The Morgan fingerprint density at radius 1 is 1.11 bits per heavy atom. The van der Waals surface area contributed by atoms with Crippen molar-refractivity contribution in [2.75, 3.05) is 11.9 Å². The zero-order chi connectivity index (χ0) is 19.4. The zero-order valence-electron chi connectivity index (χ0n) is 15.1. The van der Waals surface area contributed by atoms with Crippen LogP contribution in [0.3, 0.4) is 0 Å². The van der Waals surface area contributed by atoms with E-state index in [0.29, 0.717) is 34.6 Å². The highest BCUT2D eigenvalue weighted by Crippen LogP contribution is 2.11. The zero-order valence-corrected chi connectivity index (χ0v) is 15.1. The third-order valence-corrected chi connectivity index (χ3v) is 4.03. The molecule has 0 spiro atoms. The molecule has 0 unspecified atom stereocenters. The Morgan fingerprint density at radius 2 is 1.81 bits per heavy atom. The first-order valence-corrected chi connectivity index (χ1v) is 8.53. The second-order valence-corrected chi connectivity index (χ2v) is 5.91. The molecule has 0 radical (unpaired) electrons. The van der Waals surface area contributed by atoms with Crippen molar-refractivity contribution in [3.8, 4) is 0 Å². The molecular weight excluding hydrogens is 346 g/mol.